The second-order valence-electron chi connectivity index (χ2n) is 4.74. The maximum Gasteiger partial charge on any atom is 0.137 e. The Hall–Kier alpha value is -2.56. The highest BCUT2D eigenvalue weighted by Crippen LogP contribution is 2.19. The number of hydrogen-bond donors (Lipinski definition) is 1. The summed E-state index contributed by atoms with van der Waals surface area (Å²) in [6, 6.07) is 10.4. The van der Waals surface area contributed by atoms with Gasteiger partial charge in [0.1, 0.15) is 18.0 Å². The van der Waals surface area contributed by atoms with E-state index in [-0.39, 0.29) is 5.82 Å². The molecule has 0 bridgehead atoms. The molecular formula is C16H15FN4. The molecule has 0 atom stereocenters. The minimum absolute atomic E-state index is 0.283. The molecular weight excluding hydrogens is 267 g/mol. The van der Waals surface area contributed by atoms with Crippen molar-refractivity contribution < 1.29 is 4.39 Å². The van der Waals surface area contributed by atoms with Gasteiger partial charge in [0, 0.05) is 23.8 Å². The Balaban J connectivity index is 1.64. The summed E-state index contributed by atoms with van der Waals surface area (Å²) in [4.78, 5) is 12.6. The lowest BCUT2D eigenvalue weighted by molar-refractivity contribution is 0.629. The standard InChI is InChI=1S/C16H15FN4/c17-12-6-7-15-14(10-12)16(21-11-20-15)19-9-3-5-13-4-1-2-8-18-13/h1-2,4,6-8,10-11H,3,5,9H2,(H,19,20,21). The second kappa shape index (κ2) is 6.26. The van der Waals surface area contributed by atoms with Crippen LogP contribution in [0.25, 0.3) is 10.9 Å². The van der Waals surface area contributed by atoms with Gasteiger partial charge >= 0.3 is 0 Å². The third kappa shape index (κ3) is 3.31. The molecule has 0 saturated heterocycles. The zero-order chi connectivity index (χ0) is 14.5. The van der Waals surface area contributed by atoms with E-state index in [1.807, 2.05) is 18.2 Å². The van der Waals surface area contributed by atoms with Gasteiger partial charge < -0.3 is 5.32 Å². The third-order valence-corrected chi connectivity index (χ3v) is 3.23. The molecule has 2 heterocycles. The van der Waals surface area contributed by atoms with Crippen LogP contribution in [-0.4, -0.2) is 21.5 Å². The Kier molecular flexibility index (Phi) is 4.00. The van der Waals surface area contributed by atoms with Crippen LogP contribution in [0.2, 0.25) is 0 Å². The van der Waals surface area contributed by atoms with Gasteiger partial charge in [-0.15, -0.1) is 0 Å². The smallest absolute Gasteiger partial charge is 0.137 e. The number of nitrogens with zero attached hydrogens (tertiary/aromatic N) is 3. The van der Waals surface area contributed by atoms with Gasteiger partial charge in [-0.1, -0.05) is 6.07 Å². The normalized spacial score (nSPS) is 10.7. The number of hydrogen-bond acceptors (Lipinski definition) is 4. The number of halogens is 1. The Morgan fingerprint density at radius 3 is 2.86 bits per heavy atom. The Labute approximate surface area is 122 Å². The van der Waals surface area contributed by atoms with E-state index in [1.165, 1.54) is 18.5 Å². The van der Waals surface area contributed by atoms with Crippen LogP contribution >= 0.6 is 0 Å². The minimum Gasteiger partial charge on any atom is -0.369 e. The van der Waals surface area contributed by atoms with Gasteiger partial charge in [-0.25, -0.2) is 14.4 Å². The van der Waals surface area contributed by atoms with Crippen LogP contribution in [0.15, 0.2) is 48.9 Å². The van der Waals surface area contributed by atoms with Crippen LogP contribution in [0, 0.1) is 5.82 Å². The fourth-order valence-corrected chi connectivity index (χ4v) is 2.19. The summed E-state index contributed by atoms with van der Waals surface area (Å²) in [5.74, 6) is 0.384. The van der Waals surface area contributed by atoms with Gasteiger partial charge in [0.05, 0.1) is 5.52 Å². The monoisotopic (exact) mass is 282 g/mol. The molecule has 3 rings (SSSR count). The first-order valence-corrected chi connectivity index (χ1v) is 6.87. The molecule has 3 aromatic rings. The maximum absolute atomic E-state index is 13.3. The van der Waals surface area contributed by atoms with Gasteiger partial charge in [-0.3, -0.25) is 4.98 Å². The van der Waals surface area contributed by atoms with E-state index in [9.17, 15) is 4.39 Å². The van der Waals surface area contributed by atoms with Gasteiger partial charge in [0.2, 0.25) is 0 Å². The SMILES string of the molecule is Fc1ccc2ncnc(NCCCc3ccccn3)c2c1. The highest BCUT2D eigenvalue weighted by Gasteiger charge is 2.04. The van der Waals surface area contributed by atoms with Crippen molar-refractivity contribution in [1.82, 2.24) is 15.0 Å². The zero-order valence-electron chi connectivity index (χ0n) is 11.5. The Bertz CT molecular complexity index is 731. The summed E-state index contributed by atoms with van der Waals surface area (Å²) >= 11 is 0. The van der Waals surface area contributed by atoms with E-state index in [2.05, 4.69) is 20.3 Å². The van der Waals surface area contributed by atoms with Crippen molar-refractivity contribution >= 4 is 16.7 Å². The third-order valence-electron chi connectivity index (χ3n) is 3.23. The van der Waals surface area contributed by atoms with E-state index in [0.29, 0.717) is 11.2 Å². The molecule has 0 spiro atoms. The average molecular weight is 282 g/mol. The maximum atomic E-state index is 13.3. The van der Waals surface area contributed by atoms with Gasteiger partial charge in [-0.05, 0) is 43.2 Å². The number of benzene rings is 1. The highest BCUT2D eigenvalue weighted by atomic mass is 19.1. The zero-order valence-corrected chi connectivity index (χ0v) is 11.5. The number of rotatable bonds is 5. The number of aromatic nitrogens is 3. The summed E-state index contributed by atoms with van der Waals surface area (Å²) in [6.45, 7) is 0.749. The quantitative estimate of drug-likeness (QED) is 0.730. The molecule has 0 saturated carbocycles. The topological polar surface area (TPSA) is 50.7 Å². The van der Waals surface area contributed by atoms with Crippen LogP contribution in [0.5, 0.6) is 0 Å². The molecule has 0 fully saturated rings. The molecule has 106 valence electrons. The van der Waals surface area contributed by atoms with Crippen LogP contribution in [0.4, 0.5) is 10.2 Å². The van der Waals surface area contributed by atoms with E-state index in [0.717, 1.165) is 30.6 Å². The van der Waals surface area contributed by atoms with Crippen molar-refractivity contribution in [1.29, 1.82) is 0 Å². The summed E-state index contributed by atoms with van der Waals surface area (Å²) < 4.78 is 13.3. The molecule has 0 aliphatic heterocycles. The predicted octanol–water partition coefficient (Wildman–Crippen LogP) is 3.21. The first-order valence-electron chi connectivity index (χ1n) is 6.87. The fraction of sp³-hybridized carbons (Fsp3) is 0.188. The number of aryl methyl sites for hydroxylation is 1. The van der Waals surface area contributed by atoms with Gasteiger partial charge in [-0.2, -0.15) is 0 Å². The number of anilines is 1. The van der Waals surface area contributed by atoms with Crippen molar-refractivity contribution in [3.8, 4) is 0 Å². The van der Waals surface area contributed by atoms with Crippen LogP contribution in [0.1, 0.15) is 12.1 Å². The molecule has 21 heavy (non-hydrogen) atoms. The highest BCUT2D eigenvalue weighted by molar-refractivity contribution is 5.88. The predicted molar refractivity (Wildman–Crippen MR) is 80.5 cm³/mol. The lowest BCUT2D eigenvalue weighted by atomic mass is 10.2. The average Bonchev–Trinajstić information content (AvgIpc) is 2.53. The molecule has 2 aromatic heterocycles. The van der Waals surface area contributed by atoms with Crippen molar-refractivity contribution in [2.45, 2.75) is 12.8 Å². The first-order chi connectivity index (χ1) is 10.3. The largest absolute Gasteiger partial charge is 0.369 e. The Morgan fingerprint density at radius 2 is 2.00 bits per heavy atom. The molecule has 0 amide bonds. The molecule has 0 unspecified atom stereocenters. The lowest BCUT2D eigenvalue weighted by Crippen LogP contribution is -2.06. The van der Waals surface area contributed by atoms with E-state index in [1.54, 1.807) is 12.3 Å². The summed E-state index contributed by atoms with van der Waals surface area (Å²) in [5, 5.41) is 3.94. The van der Waals surface area contributed by atoms with Gasteiger partial charge in [0.15, 0.2) is 0 Å². The van der Waals surface area contributed by atoms with Crippen molar-refractivity contribution in [2.24, 2.45) is 0 Å². The molecule has 4 nitrogen and oxygen atoms in total. The van der Waals surface area contributed by atoms with Crippen molar-refractivity contribution in [2.75, 3.05) is 11.9 Å². The van der Waals surface area contributed by atoms with Crippen LogP contribution in [0.3, 0.4) is 0 Å². The molecule has 1 aromatic carbocycles. The fourth-order valence-electron chi connectivity index (χ4n) is 2.19. The summed E-state index contributed by atoms with van der Waals surface area (Å²) in [7, 11) is 0. The lowest BCUT2D eigenvalue weighted by Gasteiger charge is -2.08. The molecule has 1 N–H and O–H groups in total. The Morgan fingerprint density at radius 1 is 1.05 bits per heavy atom. The molecule has 0 aliphatic carbocycles. The first kappa shape index (κ1) is 13.4. The summed E-state index contributed by atoms with van der Waals surface area (Å²) in [5.41, 5.74) is 1.80. The minimum atomic E-state index is -0.283. The van der Waals surface area contributed by atoms with Crippen LogP contribution < -0.4 is 5.32 Å². The van der Waals surface area contributed by atoms with E-state index in [4.69, 9.17) is 0 Å². The number of nitrogens with one attached hydrogen (secondary N) is 1. The molecule has 0 radical (unpaired) electrons. The summed E-state index contributed by atoms with van der Waals surface area (Å²) in [6.07, 6.45) is 5.10. The number of pyridine rings is 1. The van der Waals surface area contributed by atoms with Crippen molar-refractivity contribution in [3.63, 3.8) is 0 Å². The van der Waals surface area contributed by atoms with Gasteiger partial charge in [0.25, 0.3) is 0 Å². The molecule has 5 heteroatoms. The van der Waals surface area contributed by atoms with Crippen LogP contribution in [-0.2, 0) is 6.42 Å². The van der Waals surface area contributed by atoms with E-state index < -0.39 is 0 Å². The second-order valence-corrected chi connectivity index (χ2v) is 4.74. The van der Waals surface area contributed by atoms with Crippen molar-refractivity contribution in [3.05, 3.63) is 60.4 Å². The van der Waals surface area contributed by atoms with E-state index >= 15 is 0 Å². The number of fused-ring (bicyclic) bond motifs is 1. The molecule has 0 aliphatic rings.